The van der Waals surface area contributed by atoms with Crippen LogP contribution >= 0.6 is 12.6 Å². The van der Waals surface area contributed by atoms with Crippen LogP contribution in [0.4, 0.5) is 0 Å². The van der Waals surface area contributed by atoms with E-state index in [2.05, 4.69) is 13.8 Å². The highest BCUT2D eigenvalue weighted by molar-refractivity contribution is 7.80. The Morgan fingerprint density at radius 3 is 2.42 bits per heavy atom. The Labute approximate surface area is 168 Å². The number of fused-ring (bicyclic) bond motifs is 4. The predicted octanol–water partition coefficient (Wildman–Crippen LogP) is 7.38. The monoisotopic (exact) mass is 374 g/mol. The highest BCUT2D eigenvalue weighted by Gasteiger charge is 2.53. The molecule has 26 heavy (non-hydrogen) atoms. The Hall–Kier alpha value is 0.350. The van der Waals surface area contributed by atoms with E-state index in [0.717, 1.165) is 52.8 Å². The average molecular weight is 375 g/mol. The summed E-state index contributed by atoms with van der Waals surface area (Å²) in [6.07, 6.45) is 20.1. The van der Waals surface area contributed by atoms with Crippen LogP contribution in [0.5, 0.6) is 0 Å². The van der Waals surface area contributed by atoms with Gasteiger partial charge in [0, 0.05) is 5.25 Å². The molecule has 5 aliphatic rings. The molecule has 5 fully saturated rings. The van der Waals surface area contributed by atoms with Gasteiger partial charge in [-0.25, -0.2) is 0 Å². The van der Waals surface area contributed by atoms with Gasteiger partial charge in [-0.05, 0) is 130 Å². The molecule has 148 valence electrons. The molecule has 0 aromatic carbocycles. The van der Waals surface area contributed by atoms with E-state index < -0.39 is 0 Å². The zero-order valence-corrected chi connectivity index (χ0v) is 18.2. The fourth-order valence-electron chi connectivity index (χ4n) is 9.01. The van der Waals surface area contributed by atoms with Gasteiger partial charge >= 0.3 is 0 Å². The van der Waals surface area contributed by atoms with Crippen LogP contribution in [0.2, 0.25) is 0 Å². The van der Waals surface area contributed by atoms with Crippen LogP contribution < -0.4 is 0 Å². The molecule has 10 atom stereocenters. The SMILES string of the molecule is CC(C1CCC(S)C1)C1CCC(C23CCC(C2)C(C)C2CCC(C2)C3)C1. The first-order valence-corrected chi connectivity index (χ1v) is 12.7. The number of hydrogen-bond donors (Lipinski definition) is 1. The standard InChI is InChI=1S/C25H42S/c1-16(21-6-8-24(26)13-21)20-5-7-23(12-20)25-10-9-22(15-25)17(2)19-4-3-18(11-19)14-25/h16-24,26H,3-15H2,1-2H3. The van der Waals surface area contributed by atoms with E-state index >= 15 is 0 Å². The smallest absolute Gasteiger partial charge is 0.00196 e. The molecule has 0 N–H and O–H groups in total. The van der Waals surface area contributed by atoms with Crippen LogP contribution in [0, 0.1) is 52.8 Å². The third-order valence-electron chi connectivity index (χ3n) is 10.7. The minimum Gasteiger partial charge on any atom is -0.176 e. The van der Waals surface area contributed by atoms with Crippen molar-refractivity contribution in [2.75, 3.05) is 0 Å². The molecule has 0 radical (unpaired) electrons. The Balaban J connectivity index is 1.29. The average Bonchev–Trinajstić information content (AvgIpc) is 3.40. The lowest BCUT2D eigenvalue weighted by molar-refractivity contribution is 0.0884. The maximum atomic E-state index is 4.78. The van der Waals surface area contributed by atoms with E-state index in [9.17, 15) is 0 Å². The highest BCUT2D eigenvalue weighted by Crippen LogP contribution is 2.63. The highest BCUT2D eigenvalue weighted by atomic mass is 32.1. The molecule has 0 heterocycles. The molecule has 0 spiro atoms. The Kier molecular flexibility index (Phi) is 4.95. The molecule has 4 bridgehead atoms. The molecule has 5 saturated carbocycles. The Bertz CT molecular complexity index is 514. The van der Waals surface area contributed by atoms with Gasteiger partial charge in [0.15, 0.2) is 0 Å². The largest absolute Gasteiger partial charge is 0.176 e. The third-order valence-corrected chi connectivity index (χ3v) is 11.2. The maximum absolute atomic E-state index is 4.78. The first-order valence-electron chi connectivity index (χ1n) is 12.2. The molecule has 5 rings (SSSR count). The summed E-state index contributed by atoms with van der Waals surface area (Å²) in [6.45, 7) is 5.24. The maximum Gasteiger partial charge on any atom is 0.00196 e. The van der Waals surface area contributed by atoms with Gasteiger partial charge in [-0.3, -0.25) is 0 Å². The minimum atomic E-state index is 0.705. The molecule has 10 unspecified atom stereocenters. The summed E-state index contributed by atoms with van der Waals surface area (Å²) < 4.78 is 0. The number of thiol groups is 1. The summed E-state index contributed by atoms with van der Waals surface area (Å²) in [5, 5.41) is 0.705. The predicted molar refractivity (Wildman–Crippen MR) is 114 cm³/mol. The van der Waals surface area contributed by atoms with Crippen LogP contribution in [0.25, 0.3) is 0 Å². The lowest BCUT2D eigenvalue weighted by Crippen LogP contribution is -2.32. The molecule has 5 aliphatic carbocycles. The quantitative estimate of drug-likeness (QED) is 0.489. The first kappa shape index (κ1) is 18.4. The van der Waals surface area contributed by atoms with Crippen molar-refractivity contribution in [3.63, 3.8) is 0 Å². The first-order chi connectivity index (χ1) is 12.5. The molecule has 0 saturated heterocycles. The molecule has 1 heteroatoms. The van der Waals surface area contributed by atoms with Crippen molar-refractivity contribution in [1.82, 2.24) is 0 Å². The molecular formula is C25H42S. The van der Waals surface area contributed by atoms with Crippen LogP contribution in [0.1, 0.15) is 97.3 Å². The molecule has 0 aromatic rings. The molecule has 0 aromatic heterocycles. The van der Waals surface area contributed by atoms with Crippen molar-refractivity contribution < 1.29 is 0 Å². The summed E-state index contributed by atoms with van der Waals surface area (Å²) in [5.74, 6) is 8.37. The minimum absolute atomic E-state index is 0.705. The van der Waals surface area contributed by atoms with Crippen molar-refractivity contribution >= 4 is 12.6 Å². The van der Waals surface area contributed by atoms with Gasteiger partial charge in [-0.15, -0.1) is 0 Å². The van der Waals surface area contributed by atoms with E-state index in [4.69, 9.17) is 12.6 Å². The van der Waals surface area contributed by atoms with Crippen LogP contribution in [0.3, 0.4) is 0 Å². The zero-order chi connectivity index (χ0) is 17.9. The van der Waals surface area contributed by atoms with E-state index in [1.807, 2.05) is 0 Å². The molecular weight excluding hydrogens is 332 g/mol. The van der Waals surface area contributed by atoms with Gasteiger partial charge in [-0.1, -0.05) is 20.3 Å². The second-order valence-electron chi connectivity index (χ2n) is 11.7. The third kappa shape index (κ3) is 3.11. The summed E-state index contributed by atoms with van der Waals surface area (Å²) in [6, 6.07) is 0. The Morgan fingerprint density at radius 1 is 0.808 bits per heavy atom. The van der Waals surface area contributed by atoms with Crippen LogP contribution in [-0.4, -0.2) is 5.25 Å². The number of hydrogen-bond acceptors (Lipinski definition) is 1. The molecule has 0 nitrogen and oxygen atoms in total. The van der Waals surface area contributed by atoms with Crippen LogP contribution in [-0.2, 0) is 0 Å². The topological polar surface area (TPSA) is 0 Å². The van der Waals surface area contributed by atoms with Gasteiger partial charge in [0.2, 0.25) is 0 Å². The van der Waals surface area contributed by atoms with E-state index in [-0.39, 0.29) is 0 Å². The lowest BCUT2D eigenvalue weighted by atomic mass is 9.64. The second kappa shape index (κ2) is 7.00. The fraction of sp³-hybridized carbons (Fsp3) is 1.00. The zero-order valence-electron chi connectivity index (χ0n) is 17.3. The fourth-order valence-corrected chi connectivity index (χ4v) is 9.43. The van der Waals surface area contributed by atoms with Crippen LogP contribution in [0.15, 0.2) is 0 Å². The van der Waals surface area contributed by atoms with Crippen molar-refractivity contribution in [2.24, 2.45) is 52.8 Å². The van der Waals surface area contributed by atoms with E-state index in [1.165, 1.54) is 19.3 Å². The molecule has 0 aliphatic heterocycles. The van der Waals surface area contributed by atoms with Gasteiger partial charge < -0.3 is 0 Å². The summed E-state index contributed by atoms with van der Waals surface area (Å²) in [7, 11) is 0. The Morgan fingerprint density at radius 2 is 1.62 bits per heavy atom. The molecule has 0 amide bonds. The van der Waals surface area contributed by atoms with Gasteiger partial charge in [0.25, 0.3) is 0 Å². The normalized spacial score (nSPS) is 55.0. The van der Waals surface area contributed by atoms with Gasteiger partial charge in [0.05, 0.1) is 0 Å². The van der Waals surface area contributed by atoms with Gasteiger partial charge in [-0.2, -0.15) is 12.6 Å². The van der Waals surface area contributed by atoms with Gasteiger partial charge in [0.1, 0.15) is 0 Å². The second-order valence-corrected chi connectivity index (χ2v) is 12.5. The summed E-state index contributed by atoms with van der Waals surface area (Å²) in [5.41, 5.74) is 0.773. The lowest BCUT2D eigenvalue weighted by Gasteiger charge is -2.41. The summed E-state index contributed by atoms with van der Waals surface area (Å²) in [4.78, 5) is 0. The van der Waals surface area contributed by atoms with E-state index in [0.29, 0.717) is 5.25 Å². The van der Waals surface area contributed by atoms with Crippen molar-refractivity contribution in [3.8, 4) is 0 Å². The number of rotatable bonds is 3. The van der Waals surface area contributed by atoms with Crippen molar-refractivity contribution in [2.45, 2.75) is 103 Å². The van der Waals surface area contributed by atoms with E-state index in [1.54, 1.807) is 64.2 Å². The summed E-state index contributed by atoms with van der Waals surface area (Å²) >= 11 is 4.78. The van der Waals surface area contributed by atoms with Crippen molar-refractivity contribution in [3.05, 3.63) is 0 Å². The van der Waals surface area contributed by atoms with Crippen molar-refractivity contribution in [1.29, 1.82) is 0 Å².